The molecule has 2 aromatic heterocycles. The molecule has 0 spiro atoms. The molecule has 0 aromatic carbocycles. The van der Waals surface area contributed by atoms with Crippen LogP contribution in [-0.4, -0.2) is 23.1 Å². The van der Waals surface area contributed by atoms with Gasteiger partial charge in [0, 0.05) is 30.9 Å². The second-order valence-electron chi connectivity index (χ2n) is 5.94. The van der Waals surface area contributed by atoms with Gasteiger partial charge in [-0.3, -0.25) is 4.98 Å². The lowest BCUT2D eigenvalue weighted by Crippen LogP contribution is -2.35. The maximum Gasteiger partial charge on any atom is 0.161 e. The molecule has 1 aliphatic rings. The average Bonchev–Trinajstić information content (AvgIpc) is 2.56. The van der Waals surface area contributed by atoms with Gasteiger partial charge in [0.2, 0.25) is 0 Å². The van der Waals surface area contributed by atoms with Crippen molar-refractivity contribution in [1.82, 2.24) is 9.97 Å². The Morgan fingerprint density at radius 1 is 1.21 bits per heavy atom. The molecular formula is C17H20ClN5O. The minimum absolute atomic E-state index is 0.483. The van der Waals surface area contributed by atoms with Crippen LogP contribution in [0.5, 0.6) is 0 Å². The summed E-state index contributed by atoms with van der Waals surface area (Å²) in [7, 11) is 0. The Labute approximate surface area is 146 Å². The molecule has 4 N–H and O–H groups in total. The topological polar surface area (TPSA) is 90.3 Å². The van der Waals surface area contributed by atoms with Crippen molar-refractivity contribution in [2.75, 3.05) is 18.0 Å². The first-order valence-electron chi connectivity index (χ1n) is 7.68. The molecule has 0 radical (unpaired) electrons. The highest BCUT2D eigenvalue weighted by atomic mass is 35.5. The van der Waals surface area contributed by atoms with E-state index in [0.29, 0.717) is 29.4 Å². The fraction of sp³-hybridized carbons (Fsp3) is 0.294. The summed E-state index contributed by atoms with van der Waals surface area (Å²) < 4.78 is 0. The van der Waals surface area contributed by atoms with Gasteiger partial charge in [0.25, 0.3) is 0 Å². The van der Waals surface area contributed by atoms with Crippen molar-refractivity contribution < 1.29 is 4.84 Å². The van der Waals surface area contributed by atoms with E-state index in [1.807, 2.05) is 26.1 Å². The summed E-state index contributed by atoms with van der Waals surface area (Å²) in [6.45, 7) is 5.27. The third-order valence-corrected chi connectivity index (χ3v) is 4.42. The van der Waals surface area contributed by atoms with Crippen LogP contribution in [0, 0.1) is 13.8 Å². The Bertz CT molecular complexity index is 806. The standard InChI is InChI=1S/C17H20ClN5O/c1-10-5-11(2)17(22-7-10)12-6-16(21-8-13(12)18)23-4-3-14(19)15(9-23)24-20/h5-8H,3-4,9,19-20H2,1-2H3. The van der Waals surface area contributed by atoms with Crippen molar-refractivity contribution in [2.45, 2.75) is 20.3 Å². The molecule has 6 nitrogen and oxygen atoms in total. The summed E-state index contributed by atoms with van der Waals surface area (Å²) in [4.78, 5) is 15.9. The number of halogens is 1. The first kappa shape index (κ1) is 16.5. The molecule has 3 heterocycles. The molecular weight excluding hydrogens is 326 g/mol. The highest BCUT2D eigenvalue weighted by molar-refractivity contribution is 6.33. The van der Waals surface area contributed by atoms with Crippen LogP contribution >= 0.6 is 11.6 Å². The van der Waals surface area contributed by atoms with E-state index in [4.69, 9.17) is 28.1 Å². The molecule has 3 rings (SSSR count). The lowest BCUT2D eigenvalue weighted by atomic mass is 10.1. The maximum absolute atomic E-state index is 6.37. The van der Waals surface area contributed by atoms with Crippen molar-refractivity contribution in [3.63, 3.8) is 0 Å². The fourth-order valence-electron chi connectivity index (χ4n) is 2.84. The molecule has 126 valence electrons. The summed E-state index contributed by atoms with van der Waals surface area (Å²) in [5.74, 6) is 6.66. The first-order valence-corrected chi connectivity index (χ1v) is 8.05. The number of aromatic nitrogens is 2. The number of nitrogens with two attached hydrogens (primary N) is 2. The predicted molar refractivity (Wildman–Crippen MR) is 95.3 cm³/mol. The van der Waals surface area contributed by atoms with Gasteiger partial charge in [0.1, 0.15) is 5.82 Å². The van der Waals surface area contributed by atoms with Gasteiger partial charge in [0.15, 0.2) is 5.76 Å². The van der Waals surface area contributed by atoms with Crippen molar-refractivity contribution >= 4 is 17.4 Å². The van der Waals surface area contributed by atoms with E-state index in [1.165, 1.54) is 0 Å². The number of rotatable bonds is 3. The Kier molecular flexibility index (Phi) is 4.59. The Balaban J connectivity index is 1.98. The number of hydrogen-bond acceptors (Lipinski definition) is 6. The van der Waals surface area contributed by atoms with Crippen LogP contribution in [0.2, 0.25) is 5.02 Å². The summed E-state index contributed by atoms with van der Waals surface area (Å²) in [5.41, 5.74) is 10.5. The van der Waals surface area contributed by atoms with Gasteiger partial charge < -0.3 is 15.5 Å². The molecule has 0 fully saturated rings. The lowest BCUT2D eigenvalue weighted by molar-refractivity contribution is 0.207. The van der Waals surface area contributed by atoms with Crippen LogP contribution in [0.3, 0.4) is 0 Å². The maximum atomic E-state index is 6.37. The molecule has 0 saturated heterocycles. The van der Waals surface area contributed by atoms with Gasteiger partial charge in [-0.05, 0) is 31.0 Å². The molecule has 2 aromatic rings. The van der Waals surface area contributed by atoms with Crippen molar-refractivity contribution in [3.8, 4) is 11.3 Å². The van der Waals surface area contributed by atoms with Gasteiger partial charge in [0.05, 0.1) is 23.0 Å². The Morgan fingerprint density at radius 3 is 2.71 bits per heavy atom. The number of anilines is 1. The van der Waals surface area contributed by atoms with Crippen LogP contribution in [-0.2, 0) is 4.84 Å². The van der Waals surface area contributed by atoms with Crippen molar-refractivity contribution in [2.24, 2.45) is 11.6 Å². The Morgan fingerprint density at radius 2 is 2.00 bits per heavy atom. The Hall–Kier alpha value is -2.31. The minimum Gasteiger partial charge on any atom is -0.412 e. The van der Waals surface area contributed by atoms with E-state index in [1.54, 1.807) is 6.20 Å². The minimum atomic E-state index is 0.483. The fourth-order valence-corrected chi connectivity index (χ4v) is 3.03. The first-order chi connectivity index (χ1) is 11.5. The molecule has 1 aliphatic heterocycles. The molecule has 24 heavy (non-hydrogen) atoms. The number of hydrogen-bond donors (Lipinski definition) is 2. The quantitative estimate of drug-likeness (QED) is 0.831. The van der Waals surface area contributed by atoms with Crippen molar-refractivity contribution in [3.05, 3.63) is 52.1 Å². The SMILES string of the molecule is Cc1cnc(-c2cc(N3CCC(N)=C(ON)C3)ncc2Cl)c(C)c1. The molecule has 0 bridgehead atoms. The second-order valence-corrected chi connectivity index (χ2v) is 6.35. The highest BCUT2D eigenvalue weighted by Gasteiger charge is 2.21. The van der Waals surface area contributed by atoms with Crippen LogP contribution in [0.15, 0.2) is 36.0 Å². The van der Waals surface area contributed by atoms with Crippen LogP contribution < -0.4 is 16.5 Å². The van der Waals surface area contributed by atoms with E-state index in [-0.39, 0.29) is 0 Å². The van der Waals surface area contributed by atoms with E-state index in [2.05, 4.69) is 20.9 Å². The van der Waals surface area contributed by atoms with Gasteiger partial charge in [-0.15, -0.1) is 0 Å². The number of aryl methyl sites for hydroxylation is 2. The van der Waals surface area contributed by atoms with E-state index < -0.39 is 0 Å². The van der Waals surface area contributed by atoms with E-state index in [9.17, 15) is 0 Å². The molecule has 0 aliphatic carbocycles. The smallest absolute Gasteiger partial charge is 0.161 e. The molecule has 0 atom stereocenters. The van der Waals surface area contributed by atoms with E-state index >= 15 is 0 Å². The van der Waals surface area contributed by atoms with E-state index in [0.717, 1.165) is 34.7 Å². The molecule has 0 unspecified atom stereocenters. The van der Waals surface area contributed by atoms with Crippen LogP contribution in [0.4, 0.5) is 5.82 Å². The van der Waals surface area contributed by atoms with Gasteiger partial charge in [-0.1, -0.05) is 17.7 Å². The largest absolute Gasteiger partial charge is 0.412 e. The third kappa shape index (κ3) is 3.16. The van der Waals surface area contributed by atoms with Gasteiger partial charge in [-0.25, -0.2) is 4.98 Å². The summed E-state index contributed by atoms with van der Waals surface area (Å²) in [6, 6.07) is 4.03. The summed E-state index contributed by atoms with van der Waals surface area (Å²) in [6.07, 6.45) is 4.16. The zero-order valence-corrected chi connectivity index (χ0v) is 14.5. The predicted octanol–water partition coefficient (Wildman–Crippen LogP) is 2.68. The van der Waals surface area contributed by atoms with Crippen LogP contribution in [0.1, 0.15) is 17.5 Å². The zero-order valence-electron chi connectivity index (χ0n) is 13.7. The number of pyridine rings is 2. The van der Waals surface area contributed by atoms with Gasteiger partial charge >= 0.3 is 0 Å². The second kappa shape index (κ2) is 6.67. The normalized spacial score (nSPS) is 14.9. The lowest BCUT2D eigenvalue weighted by Gasteiger charge is -2.29. The van der Waals surface area contributed by atoms with Crippen molar-refractivity contribution in [1.29, 1.82) is 0 Å². The number of nitrogens with zero attached hydrogens (tertiary/aromatic N) is 3. The average molecular weight is 346 g/mol. The summed E-state index contributed by atoms with van der Waals surface area (Å²) in [5, 5.41) is 0.570. The third-order valence-electron chi connectivity index (χ3n) is 4.12. The molecule has 0 saturated carbocycles. The zero-order chi connectivity index (χ0) is 17.3. The highest BCUT2D eigenvalue weighted by Crippen LogP contribution is 2.32. The molecule has 0 amide bonds. The van der Waals surface area contributed by atoms with Crippen LogP contribution in [0.25, 0.3) is 11.3 Å². The van der Waals surface area contributed by atoms with Gasteiger partial charge in [-0.2, -0.15) is 5.90 Å². The summed E-state index contributed by atoms with van der Waals surface area (Å²) >= 11 is 6.37. The molecule has 7 heteroatoms. The monoisotopic (exact) mass is 345 g/mol.